The number of nitrogens with one attached hydrogen (secondary N) is 1. The Hall–Kier alpha value is -1.71. The molecule has 4 fully saturated rings. The lowest BCUT2D eigenvalue weighted by atomic mass is 9.65. The molecular weight excluding hydrogens is 312 g/mol. The van der Waals surface area contributed by atoms with Gasteiger partial charge in [0.1, 0.15) is 0 Å². The van der Waals surface area contributed by atoms with E-state index in [0.29, 0.717) is 11.3 Å². The number of rotatable bonds is 4. The van der Waals surface area contributed by atoms with Crippen LogP contribution in [0.25, 0.3) is 0 Å². The Kier molecular flexibility index (Phi) is 4.17. The molecule has 4 nitrogen and oxygen atoms in total. The van der Waals surface area contributed by atoms with E-state index < -0.39 is 0 Å². The molecule has 136 valence electrons. The summed E-state index contributed by atoms with van der Waals surface area (Å²) in [7, 11) is 0. The van der Waals surface area contributed by atoms with Gasteiger partial charge in [0.2, 0.25) is 0 Å². The van der Waals surface area contributed by atoms with Crippen LogP contribution in [0.5, 0.6) is 0 Å². The molecule has 4 heteroatoms. The van der Waals surface area contributed by atoms with Crippen LogP contribution in [-0.4, -0.2) is 17.6 Å². The lowest BCUT2D eigenvalue weighted by Crippen LogP contribution is -2.45. The van der Waals surface area contributed by atoms with E-state index >= 15 is 0 Å². The minimum Gasteiger partial charge on any atom is -0.459 e. The fourth-order valence-electron chi connectivity index (χ4n) is 5.68. The highest BCUT2D eigenvalue weighted by molar-refractivity contribution is 5.92. The maximum absolute atomic E-state index is 12.1. The molecule has 1 aromatic rings. The molecule has 0 amide bonds. The van der Waals surface area contributed by atoms with Crippen molar-refractivity contribution in [2.45, 2.75) is 70.4 Å². The fourth-order valence-corrected chi connectivity index (χ4v) is 5.68. The van der Waals surface area contributed by atoms with E-state index in [4.69, 9.17) is 10.5 Å². The highest BCUT2D eigenvalue weighted by atomic mass is 16.5. The van der Waals surface area contributed by atoms with Crippen LogP contribution in [0.1, 0.15) is 69.2 Å². The highest BCUT2D eigenvalue weighted by Crippen LogP contribution is 2.54. The van der Waals surface area contributed by atoms with Crippen molar-refractivity contribution >= 4 is 17.3 Å². The topological polar surface area (TPSA) is 64.3 Å². The van der Waals surface area contributed by atoms with Crippen molar-refractivity contribution in [2.75, 3.05) is 11.1 Å². The minimum atomic E-state index is -0.306. The average Bonchev–Trinajstić information content (AvgIpc) is 2.72. The van der Waals surface area contributed by atoms with Gasteiger partial charge in [-0.2, -0.15) is 0 Å². The highest BCUT2D eigenvalue weighted by Gasteiger charge is 2.47. The summed E-state index contributed by atoms with van der Waals surface area (Å²) >= 11 is 0. The second-order valence-corrected chi connectivity index (χ2v) is 8.91. The van der Waals surface area contributed by atoms with Crippen molar-refractivity contribution in [2.24, 2.45) is 17.8 Å². The Bertz CT molecular complexity index is 656. The van der Waals surface area contributed by atoms with Gasteiger partial charge in [0.25, 0.3) is 0 Å². The summed E-state index contributed by atoms with van der Waals surface area (Å²) in [4.78, 5) is 12.1. The summed E-state index contributed by atoms with van der Waals surface area (Å²) in [6, 6.07) is 5.54. The Balaban J connectivity index is 1.53. The maximum atomic E-state index is 12.1. The predicted octanol–water partition coefficient (Wildman–Crippen LogP) is 4.60. The Morgan fingerprint density at radius 1 is 1.20 bits per heavy atom. The first-order valence-electron chi connectivity index (χ1n) is 9.81. The van der Waals surface area contributed by atoms with Gasteiger partial charge < -0.3 is 15.8 Å². The molecule has 1 aromatic carbocycles. The summed E-state index contributed by atoms with van der Waals surface area (Å²) in [5, 5.41) is 3.82. The van der Waals surface area contributed by atoms with Crippen molar-refractivity contribution in [1.29, 1.82) is 0 Å². The monoisotopic (exact) mass is 342 g/mol. The maximum Gasteiger partial charge on any atom is 0.338 e. The number of benzene rings is 1. The van der Waals surface area contributed by atoms with Crippen LogP contribution in [0.15, 0.2) is 18.2 Å². The minimum absolute atomic E-state index is 0.123. The van der Waals surface area contributed by atoms with Crippen molar-refractivity contribution in [1.82, 2.24) is 0 Å². The predicted molar refractivity (Wildman–Crippen MR) is 101 cm³/mol. The number of carbonyl (C=O) groups is 1. The smallest absolute Gasteiger partial charge is 0.338 e. The third-order valence-corrected chi connectivity index (χ3v) is 6.42. The molecule has 4 aliphatic carbocycles. The van der Waals surface area contributed by atoms with Gasteiger partial charge in [-0.05, 0) is 94.7 Å². The zero-order valence-corrected chi connectivity index (χ0v) is 15.4. The van der Waals surface area contributed by atoms with Crippen molar-refractivity contribution in [3.05, 3.63) is 23.8 Å². The zero-order valence-electron chi connectivity index (χ0n) is 15.4. The molecule has 4 saturated carbocycles. The Labute approximate surface area is 150 Å². The van der Waals surface area contributed by atoms with Gasteiger partial charge in [-0.15, -0.1) is 0 Å². The molecule has 4 aliphatic rings. The third-order valence-electron chi connectivity index (χ3n) is 6.42. The van der Waals surface area contributed by atoms with Crippen LogP contribution in [0.3, 0.4) is 0 Å². The Morgan fingerprint density at radius 2 is 1.88 bits per heavy atom. The average molecular weight is 342 g/mol. The third kappa shape index (κ3) is 3.36. The molecule has 4 bridgehead atoms. The van der Waals surface area contributed by atoms with E-state index in [9.17, 15) is 4.79 Å². The normalized spacial score (nSPS) is 33.3. The molecule has 25 heavy (non-hydrogen) atoms. The number of esters is 1. The molecule has 0 aromatic heterocycles. The van der Waals surface area contributed by atoms with E-state index in [-0.39, 0.29) is 17.6 Å². The molecule has 2 unspecified atom stereocenters. The number of fused-ring (bicyclic) bond motifs is 1. The fraction of sp³-hybridized carbons (Fsp3) is 0.667. The lowest BCUT2D eigenvalue weighted by Gasteiger charge is -2.46. The summed E-state index contributed by atoms with van der Waals surface area (Å²) in [6.45, 7) is 3.71. The second kappa shape index (κ2) is 6.22. The summed E-state index contributed by atoms with van der Waals surface area (Å²) in [6.07, 6.45) is 9.30. The first kappa shape index (κ1) is 16.7. The Morgan fingerprint density at radius 3 is 2.52 bits per heavy atom. The molecule has 0 heterocycles. The molecule has 0 spiro atoms. The van der Waals surface area contributed by atoms with Crippen LogP contribution in [0.4, 0.5) is 11.4 Å². The van der Waals surface area contributed by atoms with Crippen molar-refractivity contribution in [3.63, 3.8) is 0 Å². The standard InChI is InChI=1S/C21H30N2O2/c1-13(2)25-20(24)17-3-4-19(18(22)10-17)23-21-6-5-14-7-15(11-21)9-16(8-14)12-21/h3-4,10,13-16,23H,5-9,11-12,22H2,1-2H3. The van der Waals surface area contributed by atoms with E-state index in [1.54, 1.807) is 6.07 Å². The number of nitrogens with two attached hydrogens (primary N) is 1. The van der Waals surface area contributed by atoms with Gasteiger partial charge in [0.05, 0.1) is 23.0 Å². The number of ether oxygens (including phenoxy) is 1. The molecule has 0 aliphatic heterocycles. The van der Waals surface area contributed by atoms with E-state index in [2.05, 4.69) is 5.32 Å². The van der Waals surface area contributed by atoms with E-state index in [1.165, 1.54) is 44.9 Å². The van der Waals surface area contributed by atoms with Crippen LogP contribution in [0.2, 0.25) is 0 Å². The van der Waals surface area contributed by atoms with Gasteiger partial charge in [0.15, 0.2) is 0 Å². The molecule has 0 radical (unpaired) electrons. The van der Waals surface area contributed by atoms with Gasteiger partial charge in [-0.1, -0.05) is 0 Å². The largest absolute Gasteiger partial charge is 0.459 e. The number of nitrogen functional groups attached to an aromatic ring is 1. The number of hydrogen-bond donors (Lipinski definition) is 2. The molecular formula is C21H30N2O2. The SMILES string of the molecule is CC(C)OC(=O)c1ccc(NC23CCC4CC(CC(C4)C2)C3)c(N)c1. The van der Waals surface area contributed by atoms with Crippen LogP contribution < -0.4 is 11.1 Å². The van der Waals surface area contributed by atoms with Gasteiger partial charge in [0, 0.05) is 5.54 Å². The molecule has 3 N–H and O–H groups in total. The number of hydrogen-bond acceptors (Lipinski definition) is 4. The quantitative estimate of drug-likeness (QED) is 0.620. The first-order chi connectivity index (χ1) is 11.9. The molecule has 2 atom stereocenters. The van der Waals surface area contributed by atoms with Gasteiger partial charge in [-0.25, -0.2) is 4.79 Å². The van der Waals surface area contributed by atoms with Crippen molar-refractivity contribution < 1.29 is 9.53 Å². The summed E-state index contributed by atoms with van der Waals surface area (Å²) in [5.41, 5.74) is 8.63. The van der Waals surface area contributed by atoms with Crippen LogP contribution in [0, 0.1) is 17.8 Å². The first-order valence-corrected chi connectivity index (χ1v) is 9.81. The van der Waals surface area contributed by atoms with E-state index in [1.807, 2.05) is 26.0 Å². The zero-order chi connectivity index (χ0) is 17.6. The van der Waals surface area contributed by atoms with Gasteiger partial charge in [-0.3, -0.25) is 0 Å². The summed E-state index contributed by atoms with van der Waals surface area (Å²) in [5.74, 6) is 2.41. The van der Waals surface area contributed by atoms with Gasteiger partial charge >= 0.3 is 5.97 Å². The van der Waals surface area contributed by atoms with Crippen LogP contribution in [-0.2, 0) is 4.74 Å². The number of anilines is 2. The lowest BCUT2D eigenvalue weighted by molar-refractivity contribution is 0.0378. The van der Waals surface area contributed by atoms with Crippen LogP contribution >= 0.6 is 0 Å². The van der Waals surface area contributed by atoms with Crippen molar-refractivity contribution in [3.8, 4) is 0 Å². The van der Waals surface area contributed by atoms with E-state index in [0.717, 1.165) is 23.4 Å². The molecule has 0 saturated heterocycles. The second-order valence-electron chi connectivity index (χ2n) is 8.91. The summed E-state index contributed by atoms with van der Waals surface area (Å²) < 4.78 is 5.27. The molecule has 5 rings (SSSR count). The number of carbonyl (C=O) groups excluding carboxylic acids is 1.